The van der Waals surface area contributed by atoms with Crippen LogP contribution in [-0.2, 0) is 9.59 Å². The molecule has 23 heavy (non-hydrogen) atoms. The van der Waals surface area contributed by atoms with Crippen molar-refractivity contribution >= 4 is 34.0 Å². The Balaban J connectivity index is 1.56. The summed E-state index contributed by atoms with van der Waals surface area (Å²) in [5.74, 6) is 0.690. The molecule has 1 aromatic heterocycles. The van der Waals surface area contributed by atoms with E-state index in [4.69, 9.17) is 4.74 Å². The van der Waals surface area contributed by atoms with Crippen LogP contribution in [0.25, 0.3) is 11.3 Å². The number of carbonyl (C=O) groups is 2. The smallest absolute Gasteiger partial charge is 0.265 e. The summed E-state index contributed by atoms with van der Waals surface area (Å²) < 4.78 is 5.54. The molecule has 2 N–H and O–H groups in total. The quantitative estimate of drug-likeness (QED) is 0.907. The molecule has 2 aliphatic rings. The number of nitrogens with zero attached hydrogens (tertiary/aromatic N) is 1. The van der Waals surface area contributed by atoms with Crippen molar-refractivity contribution in [3.8, 4) is 17.0 Å². The minimum atomic E-state index is -0.489. The second-order valence-electron chi connectivity index (χ2n) is 5.76. The maximum atomic E-state index is 11.8. The first-order valence-corrected chi connectivity index (χ1v) is 8.36. The van der Waals surface area contributed by atoms with Crippen molar-refractivity contribution in [2.45, 2.75) is 25.9 Å². The average molecular weight is 329 g/mol. The normalized spacial score (nSPS) is 19.5. The predicted octanol–water partition coefficient (Wildman–Crippen LogP) is 2.88. The zero-order valence-electron chi connectivity index (χ0n) is 12.5. The number of ether oxygens (including phenoxy) is 1. The van der Waals surface area contributed by atoms with Crippen LogP contribution >= 0.6 is 11.3 Å². The van der Waals surface area contributed by atoms with Gasteiger partial charge in [0.1, 0.15) is 5.75 Å². The molecule has 0 saturated heterocycles. The molecule has 1 aromatic carbocycles. The van der Waals surface area contributed by atoms with Crippen LogP contribution in [0.2, 0.25) is 0 Å². The second-order valence-corrected chi connectivity index (χ2v) is 6.62. The van der Waals surface area contributed by atoms with Gasteiger partial charge >= 0.3 is 0 Å². The van der Waals surface area contributed by atoms with Gasteiger partial charge in [-0.25, -0.2) is 4.98 Å². The maximum Gasteiger partial charge on any atom is 0.265 e. The van der Waals surface area contributed by atoms with E-state index in [-0.39, 0.29) is 17.7 Å². The van der Waals surface area contributed by atoms with E-state index < -0.39 is 6.10 Å². The van der Waals surface area contributed by atoms with Crippen molar-refractivity contribution in [3.05, 3.63) is 23.6 Å². The van der Waals surface area contributed by atoms with Gasteiger partial charge in [0.05, 0.1) is 11.4 Å². The van der Waals surface area contributed by atoms with Crippen molar-refractivity contribution in [3.63, 3.8) is 0 Å². The number of fused-ring (bicyclic) bond motifs is 1. The van der Waals surface area contributed by atoms with Gasteiger partial charge < -0.3 is 15.4 Å². The third-order valence-corrected chi connectivity index (χ3v) is 4.65. The zero-order chi connectivity index (χ0) is 16.0. The number of thiazole rings is 1. The molecule has 4 rings (SSSR count). The van der Waals surface area contributed by atoms with Gasteiger partial charge in [-0.15, -0.1) is 11.3 Å². The summed E-state index contributed by atoms with van der Waals surface area (Å²) >= 11 is 1.39. The maximum absolute atomic E-state index is 11.8. The van der Waals surface area contributed by atoms with Crippen molar-refractivity contribution in [2.24, 2.45) is 5.92 Å². The lowest BCUT2D eigenvalue weighted by Crippen LogP contribution is -2.34. The van der Waals surface area contributed by atoms with E-state index in [0.29, 0.717) is 16.6 Å². The van der Waals surface area contributed by atoms with Crippen LogP contribution in [0.15, 0.2) is 23.6 Å². The Morgan fingerprint density at radius 2 is 2.26 bits per heavy atom. The topological polar surface area (TPSA) is 80.3 Å². The number of anilines is 2. The SMILES string of the molecule is CC1Oc2ccc(-c3csc(NC(=O)C4CC4)n3)cc2NC1=O. The Kier molecular flexibility index (Phi) is 3.30. The van der Waals surface area contributed by atoms with Crippen LogP contribution in [0.4, 0.5) is 10.8 Å². The molecular weight excluding hydrogens is 314 g/mol. The minimum Gasteiger partial charge on any atom is -0.479 e. The number of aromatic nitrogens is 1. The Morgan fingerprint density at radius 1 is 1.43 bits per heavy atom. The Bertz CT molecular complexity index is 798. The second kappa shape index (κ2) is 5.34. The number of nitrogens with one attached hydrogen (secondary N) is 2. The molecule has 1 atom stereocenters. The number of hydrogen-bond acceptors (Lipinski definition) is 5. The van der Waals surface area contributed by atoms with Crippen molar-refractivity contribution < 1.29 is 14.3 Å². The Labute approximate surface area is 136 Å². The molecule has 2 heterocycles. The van der Waals surface area contributed by atoms with Crippen LogP contribution in [-0.4, -0.2) is 22.9 Å². The fourth-order valence-corrected chi connectivity index (χ4v) is 3.11. The van der Waals surface area contributed by atoms with E-state index in [9.17, 15) is 9.59 Å². The summed E-state index contributed by atoms with van der Waals surface area (Å²) in [5.41, 5.74) is 2.27. The summed E-state index contributed by atoms with van der Waals surface area (Å²) in [6.45, 7) is 1.71. The summed E-state index contributed by atoms with van der Waals surface area (Å²) in [6.07, 6.45) is 1.44. The fraction of sp³-hybridized carbons (Fsp3) is 0.312. The van der Waals surface area contributed by atoms with Crippen LogP contribution in [0.5, 0.6) is 5.75 Å². The standard InChI is InChI=1S/C16H15N3O3S/c1-8-14(20)17-11-6-10(4-5-13(11)22-8)12-7-23-16(18-12)19-15(21)9-2-3-9/h4-9H,2-3H2,1H3,(H,17,20)(H,18,19,21). The van der Waals surface area contributed by atoms with E-state index in [0.717, 1.165) is 24.1 Å². The average Bonchev–Trinajstić information content (AvgIpc) is 3.28. The predicted molar refractivity (Wildman–Crippen MR) is 87.6 cm³/mol. The molecule has 7 heteroatoms. The first-order valence-electron chi connectivity index (χ1n) is 7.48. The highest BCUT2D eigenvalue weighted by Crippen LogP contribution is 2.35. The third-order valence-electron chi connectivity index (χ3n) is 3.89. The molecule has 6 nitrogen and oxygen atoms in total. The van der Waals surface area contributed by atoms with E-state index >= 15 is 0 Å². The highest BCUT2D eigenvalue weighted by Gasteiger charge is 2.30. The van der Waals surface area contributed by atoms with Gasteiger partial charge in [-0.3, -0.25) is 9.59 Å². The van der Waals surface area contributed by atoms with Gasteiger partial charge in [-0.2, -0.15) is 0 Å². The molecule has 0 radical (unpaired) electrons. The van der Waals surface area contributed by atoms with E-state index in [2.05, 4.69) is 15.6 Å². The van der Waals surface area contributed by atoms with E-state index in [1.807, 2.05) is 23.6 Å². The molecule has 1 fully saturated rings. The van der Waals surface area contributed by atoms with Crippen LogP contribution in [0, 0.1) is 5.92 Å². The molecule has 1 saturated carbocycles. The molecule has 1 aliphatic heterocycles. The molecule has 1 aliphatic carbocycles. The highest BCUT2D eigenvalue weighted by molar-refractivity contribution is 7.14. The van der Waals surface area contributed by atoms with Gasteiger partial charge in [0.2, 0.25) is 5.91 Å². The molecule has 2 aromatic rings. The minimum absolute atomic E-state index is 0.0472. The van der Waals surface area contributed by atoms with Crippen LogP contribution in [0.3, 0.4) is 0 Å². The Hall–Kier alpha value is -2.41. The zero-order valence-corrected chi connectivity index (χ0v) is 13.3. The molecule has 0 bridgehead atoms. The van der Waals surface area contributed by atoms with Gasteiger partial charge in [-0.1, -0.05) is 0 Å². The summed E-state index contributed by atoms with van der Waals surface area (Å²) in [7, 11) is 0. The van der Waals surface area contributed by atoms with E-state index in [1.54, 1.807) is 6.92 Å². The number of amides is 2. The summed E-state index contributed by atoms with van der Waals surface area (Å²) in [5, 5.41) is 8.15. The first kappa shape index (κ1) is 14.2. The number of hydrogen-bond donors (Lipinski definition) is 2. The van der Waals surface area contributed by atoms with Crippen LogP contribution in [0.1, 0.15) is 19.8 Å². The molecule has 2 amide bonds. The Morgan fingerprint density at radius 3 is 3.04 bits per heavy atom. The molecule has 118 valence electrons. The third kappa shape index (κ3) is 2.79. The molecule has 0 spiro atoms. The molecular formula is C16H15N3O3S. The van der Waals surface area contributed by atoms with Gasteiger partial charge in [0.25, 0.3) is 5.91 Å². The monoisotopic (exact) mass is 329 g/mol. The highest BCUT2D eigenvalue weighted by atomic mass is 32.1. The van der Waals surface area contributed by atoms with Crippen LogP contribution < -0.4 is 15.4 Å². The van der Waals surface area contributed by atoms with Crippen molar-refractivity contribution in [1.82, 2.24) is 4.98 Å². The number of carbonyl (C=O) groups excluding carboxylic acids is 2. The summed E-state index contributed by atoms with van der Waals surface area (Å²) in [4.78, 5) is 27.9. The largest absolute Gasteiger partial charge is 0.479 e. The fourth-order valence-electron chi connectivity index (χ4n) is 2.38. The van der Waals surface area contributed by atoms with E-state index in [1.165, 1.54) is 11.3 Å². The van der Waals surface area contributed by atoms with Gasteiger partial charge in [0.15, 0.2) is 11.2 Å². The van der Waals surface area contributed by atoms with Crippen molar-refractivity contribution in [2.75, 3.05) is 10.6 Å². The number of rotatable bonds is 3. The number of benzene rings is 1. The van der Waals surface area contributed by atoms with Crippen molar-refractivity contribution in [1.29, 1.82) is 0 Å². The summed E-state index contributed by atoms with van der Waals surface area (Å²) in [6, 6.07) is 5.55. The first-order chi connectivity index (χ1) is 11.1. The molecule has 1 unspecified atom stereocenters. The van der Waals surface area contributed by atoms with Gasteiger partial charge in [0, 0.05) is 16.9 Å². The lowest BCUT2D eigenvalue weighted by atomic mass is 10.1. The lowest BCUT2D eigenvalue weighted by Gasteiger charge is -2.23. The van der Waals surface area contributed by atoms with Gasteiger partial charge in [-0.05, 0) is 38.0 Å². The lowest BCUT2D eigenvalue weighted by molar-refractivity contribution is -0.122.